The average molecular weight is 217 g/mol. The van der Waals surface area contributed by atoms with E-state index in [4.69, 9.17) is 11.5 Å². The second-order valence-corrected chi connectivity index (χ2v) is 3.59. The molecular weight excluding hydrogens is 202 g/mol. The Kier molecular flexibility index (Phi) is 3.05. The number of aromatic nitrogens is 2. The molecule has 1 aromatic heterocycles. The van der Waals surface area contributed by atoms with Crippen molar-refractivity contribution in [1.82, 2.24) is 9.55 Å². The van der Waals surface area contributed by atoms with Gasteiger partial charge in [-0.2, -0.15) is 0 Å². The fourth-order valence-electron chi connectivity index (χ4n) is 1.64. The molecule has 0 saturated carbocycles. The van der Waals surface area contributed by atoms with E-state index >= 15 is 0 Å². The van der Waals surface area contributed by atoms with Gasteiger partial charge in [-0.05, 0) is 18.6 Å². The van der Waals surface area contributed by atoms with Crippen molar-refractivity contribution >= 4 is 17.0 Å². The molecule has 0 atom stereocenters. The van der Waals surface area contributed by atoms with Gasteiger partial charge in [-0.15, -0.1) is 0 Å². The van der Waals surface area contributed by atoms with Crippen LogP contribution in [0.15, 0.2) is 35.6 Å². The number of aliphatic imine (C=N–C) groups is 1. The summed E-state index contributed by atoms with van der Waals surface area (Å²) in [5.41, 5.74) is 12.7. The quantitative estimate of drug-likeness (QED) is 0.449. The van der Waals surface area contributed by atoms with E-state index in [0.29, 0.717) is 6.54 Å². The molecule has 0 aliphatic carbocycles. The molecular formula is C11H15N5. The summed E-state index contributed by atoms with van der Waals surface area (Å²) in [6, 6.07) is 8.06. The SMILES string of the molecule is NC(N)=NCCCn1cnc2ccccc21. The minimum atomic E-state index is 0.149. The maximum atomic E-state index is 5.25. The smallest absolute Gasteiger partial charge is 0.185 e. The summed E-state index contributed by atoms with van der Waals surface area (Å²) in [5, 5.41) is 0. The highest BCUT2D eigenvalue weighted by atomic mass is 15.0. The Hall–Kier alpha value is -2.04. The highest BCUT2D eigenvalue weighted by Crippen LogP contribution is 2.11. The second-order valence-electron chi connectivity index (χ2n) is 3.59. The normalized spacial score (nSPS) is 10.5. The van der Waals surface area contributed by atoms with Gasteiger partial charge in [-0.25, -0.2) is 4.98 Å². The number of nitrogens with two attached hydrogens (primary N) is 2. The lowest BCUT2D eigenvalue weighted by Crippen LogP contribution is -2.23. The van der Waals surface area contributed by atoms with Crippen molar-refractivity contribution in [1.29, 1.82) is 0 Å². The number of fused-ring (bicyclic) bond motifs is 1. The van der Waals surface area contributed by atoms with E-state index in [-0.39, 0.29) is 5.96 Å². The van der Waals surface area contributed by atoms with Crippen LogP contribution in [0.1, 0.15) is 6.42 Å². The number of hydrogen-bond acceptors (Lipinski definition) is 2. The number of aryl methyl sites for hydroxylation is 1. The predicted octanol–water partition coefficient (Wildman–Crippen LogP) is 0.700. The number of benzene rings is 1. The van der Waals surface area contributed by atoms with Crippen molar-refractivity contribution in [2.75, 3.05) is 6.54 Å². The van der Waals surface area contributed by atoms with Gasteiger partial charge in [-0.3, -0.25) is 4.99 Å². The molecule has 4 N–H and O–H groups in total. The molecule has 84 valence electrons. The van der Waals surface area contributed by atoms with Gasteiger partial charge >= 0.3 is 0 Å². The Balaban J connectivity index is 2.02. The molecule has 5 nitrogen and oxygen atoms in total. The van der Waals surface area contributed by atoms with Gasteiger partial charge in [0, 0.05) is 13.1 Å². The monoisotopic (exact) mass is 217 g/mol. The minimum absolute atomic E-state index is 0.149. The molecule has 0 unspecified atom stereocenters. The summed E-state index contributed by atoms with van der Waals surface area (Å²) in [6.45, 7) is 1.52. The summed E-state index contributed by atoms with van der Waals surface area (Å²) in [6.07, 6.45) is 2.75. The third kappa shape index (κ3) is 2.31. The summed E-state index contributed by atoms with van der Waals surface area (Å²) < 4.78 is 2.11. The van der Waals surface area contributed by atoms with Crippen LogP contribution in [0.4, 0.5) is 0 Å². The Morgan fingerprint density at radius 3 is 2.94 bits per heavy atom. The molecule has 1 heterocycles. The molecule has 0 aliphatic rings. The number of hydrogen-bond donors (Lipinski definition) is 2. The number of guanidine groups is 1. The van der Waals surface area contributed by atoms with Crippen molar-refractivity contribution < 1.29 is 0 Å². The first-order valence-corrected chi connectivity index (χ1v) is 5.22. The molecule has 2 rings (SSSR count). The molecule has 0 fully saturated rings. The van der Waals surface area contributed by atoms with Gasteiger partial charge < -0.3 is 16.0 Å². The van der Waals surface area contributed by atoms with Crippen molar-refractivity contribution in [2.45, 2.75) is 13.0 Å². The lowest BCUT2D eigenvalue weighted by atomic mass is 10.3. The lowest BCUT2D eigenvalue weighted by Gasteiger charge is -2.02. The maximum absolute atomic E-state index is 5.25. The van der Waals surface area contributed by atoms with Crippen molar-refractivity contribution in [3.63, 3.8) is 0 Å². The Labute approximate surface area is 93.8 Å². The topological polar surface area (TPSA) is 82.2 Å². The lowest BCUT2D eigenvalue weighted by molar-refractivity contribution is 0.666. The van der Waals surface area contributed by atoms with Crippen LogP contribution in [0, 0.1) is 0 Å². The van der Waals surface area contributed by atoms with Crippen LogP contribution in [-0.2, 0) is 6.54 Å². The van der Waals surface area contributed by atoms with E-state index < -0.39 is 0 Å². The summed E-state index contributed by atoms with van der Waals surface area (Å²) in [4.78, 5) is 8.25. The summed E-state index contributed by atoms with van der Waals surface area (Å²) in [7, 11) is 0. The van der Waals surface area contributed by atoms with E-state index in [9.17, 15) is 0 Å². The first-order valence-electron chi connectivity index (χ1n) is 5.22. The van der Waals surface area contributed by atoms with Gasteiger partial charge in [0.1, 0.15) is 0 Å². The zero-order valence-corrected chi connectivity index (χ0v) is 9.00. The van der Waals surface area contributed by atoms with Crippen molar-refractivity contribution in [2.24, 2.45) is 16.5 Å². The first kappa shape index (κ1) is 10.5. The van der Waals surface area contributed by atoms with Crippen LogP contribution in [-0.4, -0.2) is 22.1 Å². The van der Waals surface area contributed by atoms with E-state index in [1.165, 1.54) is 0 Å². The Bertz CT molecular complexity index is 496. The molecule has 1 aromatic carbocycles. The molecule has 2 aromatic rings. The van der Waals surface area contributed by atoms with E-state index in [1.54, 1.807) is 0 Å². The van der Waals surface area contributed by atoms with Gasteiger partial charge in [0.15, 0.2) is 5.96 Å². The van der Waals surface area contributed by atoms with Gasteiger partial charge in [0.05, 0.1) is 17.4 Å². The van der Waals surface area contributed by atoms with Gasteiger partial charge in [0.2, 0.25) is 0 Å². The standard InChI is InChI=1S/C11H15N5/c12-11(13)14-6-3-7-16-8-15-9-4-1-2-5-10(9)16/h1-2,4-5,8H,3,6-7H2,(H4,12,13,14). The largest absolute Gasteiger partial charge is 0.370 e. The first-order chi connectivity index (χ1) is 7.77. The zero-order valence-electron chi connectivity index (χ0n) is 9.00. The molecule has 0 bridgehead atoms. The van der Waals surface area contributed by atoms with Crippen molar-refractivity contribution in [3.05, 3.63) is 30.6 Å². The third-order valence-electron chi connectivity index (χ3n) is 2.38. The van der Waals surface area contributed by atoms with Crippen LogP contribution >= 0.6 is 0 Å². The van der Waals surface area contributed by atoms with Crippen LogP contribution in [0.2, 0.25) is 0 Å². The van der Waals surface area contributed by atoms with Crippen LogP contribution in [0.5, 0.6) is 0 Å². The van der Waals surface area contributed by atoms with E-state index in [0.717, 1.165) is 24.0 Å². The third-order valence-corrected chi connectivity index (χ3v) is 2.38. The fraction of sp³-hybridized carbons (Fsp3) is 0.273. The van der Waals surface area contributed by atoms with Crippen LogP contribution in [0.3, 0.4) is 0 Å². The Morgan fingerprint density at radius 1 is 1.31 bits per heavy atom. The summed E-state index contributed by atoms with van der Waals surface area (Å²) >= 11 is 0. The number of imidazole rings is 1. The molecule has 16 heavy (non-hydrogen) atoms. The molecule has 0 saturated heterocycles. The average Bonchev–Trinajstić information content (AvgIpc) is 2.68. The Morgan fingerprint density at radius 2 is 2.12 bits per heavy atom. The maximum Gasteiger partial charge on any atom is 0.185 e. The summed E-state index contributed by atoms with van der Waals surface area (Å²) in [5.74, 6) is 0.149. The van der Waals surface area contributed by atoms with Crippen molar-refractivity contribution in [3.8, 4) is 0 Å². The second kappa shape index (κ2) is 4.65. The number of nitrogens with zero attached hydrogens (tertiary/aromatic N) is 3. The van der Waals surface area contributed by atoms with Gasteiger partial charge in [0.25, 0.3) is 0 Å². The zero-order chi connectivity index (χ0) is 11.4. The molecule has 0 radical (unpaired) electrons. The van der Waals surface area contributed by atoms with Crippen LogP contribution < -0.4 is 11.5 Å². The molecule has 0 aliphatic heterocycles. The van der Waals surface area contributed by atoms with E-state index in [1.807, 2.05) is 24.5 Å². The minimum Gasteiger partial charge on any atom is -0.370 e. The highest BCUT2D eigenvalue weighted by molar-refractivity contribution is 5.75. The molecule has 5 heteroatoms. The molecule has 0 amide bonds. The van der Waals surface area contributed by atoms with Crippen LogP contribution in [0.25, 0.3) is 11.0 Å². The number of para-hydroxylation sites is 2. The van der Waals surface area contributed by atoms with E-state index in [2.05, 4.69) is 20.6 Å². The fourth-order valence-corrected chi connectivity index (χ4v) is 1.64. The highest BCUT2D eigenvalue weighted by Gasteiger charge is 1.99. The number of rotatable bonds is 4. The predicted molar refractivity (Wildman–Crippen MR) is 65.0 cm³/mol. The van der Waals surface area contributed by atoms with Gasteiger partial charge in [-0.1, -0.05) is 12.1 Å². The molecule has 0 spiro atoms.